The number of carbonyl (C=O) groups is 2. The molecule has 2 aromatic rings. The normalized spacial score (nSPS) is 20.9. The maximum absolute atomic E-state index is 12.9. The molecule has 0 saturated carbocycles. The molecule has 30 heavy (non-hydrogen) atoms. The van der Waals surface area contributed by atoms with Crippen LogP contribution in [0.4, 0.5) is 0 Å². The smallest absolute Gasteiger partial charge is 0.243 e. The average Bonchev–Trinajstić information content (AvgIpc) is 3.40. The summed E-state index contributed by atoms with van der Waals surface area (Å²) in [6.07, 6.45) is 2.34. The van der Waals surface area contributed by atoms with Crippen LogP contribution in [0.2, 0.25) is 0 Å². The van der Waals surface area contributed by atoms with E-state index in [0.717, 1.165) is 5.69 Å². The van der Waals surface area contributed by atoms with Gasteiger partial charge in [-0.3, -0.25) is 9.59 Å². The van der Waals surface area contributed by atoms with Crippen LogP contribution >= 0.6 is 0 Å². The summed E-state index contributed by atoms with van der Waals surface area (Å²) in [6, 6.07) is 4.92. The molecule has 10 nitrogen and oxygen atoms in total. The van der Waals surface area contributed by atoms with Crippen LogP contribution in [0, 0.1) is 5.92 Å². The minimum Gasteiger partial charge on any atom is -0.394 e. The number of aliphatic hydroxyl groups excluding tert-OH is 2. The van der Waals surface area contributed by atoms with E-state index in [0.29, 0.717) is 5.56 Å². The van der Waals surface area contributed by atoms with Crippen LogP contribution in [-0.4, -0.2) is 73.0 Å². The van der Waals surface area contributed by atoms with Crippen molar-refractivity contribution in [1.29, 1.82) is 0 Å². The van der Waals surface area contributed by atoms with Crippen LogP contribution in [0.5, 0.6) is 0 Å². The van der Waals surface area contributed by atoms with Crippen molar-refractivity contribution in [3.63, 3.8) is 0 Å². The number of benzene rings is 1. The van der Waals surface area contributed by atoms with Crippen LogP contribution in [-0.2, 0) is 9.59 Å². The highest BCUT2D eigenvalue weighted by Gasteiger charge is 2.41. The van der Waals surface area contributed by atoms with E-state index in [9.17, 15) is 19.8 Å². The van der Waals surface area contributed by atoms with E-state index in [4.69, 9.17) is 5.73 Å². The molecule has 162 valence electrons. The molecule has 0 spiro atoms. The summed E-state index contributed by atoms with van der Waals surface area (Å²) in [5.41, 5.74) is 7.45. The predicted molar refractivity (Wildman–Crippen MR) is 108 cm³/mol. The lowest BCUT2D eigenvalue weighted by atomic mass is 10.0. The van der Waals surface area contributed by atoms with E-state index in [2.05, 4.69) is 15.4 Å². The number of nitrogens with one attached hydrogen (secondary N) is 1. The Labute approximate surface area is 174 Å². The molecule has 2 heterocycles. The van der Waals surface area contributed by atoms with Gasteiger partial charge in [0.15, 0.2) is 0 Å². The Morgan fingerprint density at radius 3 is 2.57 bits per heavy atom. The lowest BCUT2D eigenvalue weighted by molar-refractivity contribution is -0.140. The molecule has 1 aromatic carbocycles. The van der Waals surface area contributed by atoms with Gasteiger partial charge in [-0.25, -0.2) is 9.67 Å². The van der Waals surface area contributed by atoms with Crippen molar-refractivity contribution in [2.75, 3.05) is 13.2 Å². The number of nitrogens with zero attached hydrogens (tertiary/aromatic N) is 4. The number of β-amino-alcohol motifs (C(OH)–C–C–N with tert-alkyl or cyclic N) is 1. The fourth-order valence-electron chi connectivity index (χ4n) is 3.49. The van der Waals surface area contributed by atoms with E-state index in [-0.39, 0.29) is 31.4 Å². The largest absolute Gasteiger partial charge is 0.394 e. The minimum absolute atomic E-state index is 0.0632. The Morgan fingerprint density at radius 2 is 2.00 bits per heavy atom. The molecule has 0 radical (unpaired) electrons. The molecule has 2 amide bonds. The third-order valence-corrected chi connectivity index (χ3v) is 5.35. The number of likely N-dealkylation sites (tertiary alicyclic amines) is 1. The van der Waals surface area contributed by atoms with Crippen molar-refractivity contribution >= 4 is 11.8 Å². The zero-order chi connectivity index (χ0) is 21.8. The quantitative estimate of drug-likeness (QED) is 0.469. The molecule has 1 aliphatic heterocycles. The Bertz CT molecular complexity index is 855. The molecule has 5 N–H and O–H groups in total. The maximum Gasteiger partial charge on any atom is 0.243 e. The highest BCUT2D eigenvalue weighted by Crippen LogP contribution is 2.22. The van der Waals surface area contributed by atoms with Gasteiger partial charge in [0.05, 0.1) is 30.5 Å². The second kappa shape index (κ2) is 9.33. The molecule has 1 fully saturated rings. The first kappa shape index (κ1) is 21.9. The summed E-state index contributed by atoms with van der Waals surface area (Å²) in [5.74, 6) is -0.887. The van der Waals surface area contributed by atoms with Gasteiger partial charge in [0.2, 0.25) is 11.8 Å². The monoisotopic (exact) mass is 416 g/mol. The molecular formula is C20H28N6O4. The van der Waals surface area contributed by atoms with E-state index in [1.165, 1.54) is 11.2 Å². The van der Waals surface area contributed by atoms with Crippen molar-refractivity contribution in [2.45, 2.75) is 44.5 Å². The highest BCUT2D eigenvalue weighted by atomic mass is 16.3. The molecule has 1 saturated heterocycles. The van der Waals surface area contributed by atoms with Crippen LogP contribution in [0.1, 0.15) is 31.9 Å². The molecule has 0 aliphatic carbocycles. The number of hydrogen-bond donors (Lipinski definition) is 4. The zero-order valence-electron chi connectivity index (χ0n) is 17.0. The molecule has 0 bridgehead atoms. The SMILES string of the molecule is CC(C)[C@H](N)C(=O)N1C[C@H](O)C[C@H]1C(=O)N[C@@H](CO)c1ccc(-n2cncn2)cc1. The van der Waals surface area contributed by atoms with Crippen molar-refractivity contribution in [3.05, 3.63) is 42.5 Å². The van der Waals surface area contributed by atoms with E-state index < -0.39 is 30.1 Å². The third-order valence-electron chi connectivity index (χ3n) is 5.35. The van der Waals surface area contributed by atoms with Gasteiger partial charge in [0.1, 0.15) is 18.7 Å². The Hall–Kier alpha value is -2.82. The van der Waals surface area contributed by atoms with Crippen LogP contribution in [0.15, 0.2) is 36.9 Å². The van der Waals surface area contributed by atoms with Crippen molar-refractivity contribution < 1.29 is 19.8 Å². The van der Waals surface area contributed by atoms with E-state index in [1.54, 1.807) is 35.3 Å². The first-order valence-electron chi connectivity index (χ1n) is 9.92. The van der Waals surface area contributed by atoms with Crippen LogP contribution in [0.3, 0.4) is 0 Å². The molecule has 3 rings (SSSR count). The maximum atomic E-state index is 12.9. The topological polar surface area (TPSA) is 147 Å². The van der Waals surface area contributed by atoms with E-state index in [1.807, 2.05) is 13.8 Å². The van der Waals surface area contributed by atoms with E-state index >= 15 is 0 Å². The fourth-order valence-corrected chi connectivity index (χ4v) is 3.49. The lowest BCUT2D eigenvalue weighted by Gasteiger charge is -2.29. The molecule has 1 aliphatic rings. The standard InChI is InChI=1S/C20H28N6O4/c1-12(2)18(21)20(30)25-8-15(28)7-17(25)19(29)24-16(9-27)13-3-5-14(6-4-13)26-11-22-10-23-26/h3-6,10-12,15-18,27-28H,7-9,21H2,1-2H3,(H,24,29)/t15-,16+,17+,18+/m1/s1. The van der Waals surface area contributed by atoms with Gasteiger partial charge in [-0.2, -0.15) is 5.10 Å². The summed E-state index contributed by atoms with van der Waals surface area (Å²) in [6.45, 7) is 3.40. The van der Waals surface area contributed by atoms with Gasteiger partial charge in [0, 0.05) is 13.0 Å². The van der Waals surface area contributed by atoms with Gasteiger partial charge >= 0.3 is 0 Å². The summed E-state index contributed by atoms with van der Waals surface area (Å²) in [4.78, 5) is 30.8. The van der Waals surface area contributed by atoms with Crippen molar-refractivity contribution in [3.8, 4) is 5.69 Å². The lowest BCUT2D eigenvalue weighted by Crippen LogP contribution is -2.53. The van der Waals surface area contributed by atoms with Crippen molar-refractivity contribution in [2.24, 2.45) is 11.7 Å². The number of rotatable bonds is 7. The second-order valence-electron chi connectivity index (χ2n) is 7.84. The number of aromatic nitrogens is 3. The molecule has 1 aromatic heterocycles. The number of carbonyl (C=O) groups excluding carboxylic acids is 2. The number of amides is 2. The average molecular weight is 416 g/mol. The second-order valence-corrected chi connectivity index (χ2v) is 7.84. The van der Waals surface area contributed by atoms with Gasteiger partial charge in [-0.15, -0.1) is 0 Å². The third kappa shape index (κ3) is 4.66. The summed E-state index contributed by atoms with van der Waals surface area (Å²) >= 11 is 0. The fraction of sp³-hybridized carbons (Fsp3) is 0.500. The summed E-state index contributed by atoms with van der Waals surface area (Å²) in [5, 5.41) is 26.7. The van der Waals surface area contributed by atoms with Gasteiger partial charge in [-0.1, -0.05) is 26.0 Å². The number of hydrogen-bond acceptors (Lipinski definition) is 7. The summed E-state index contributed by atoms with van der Waals surface area (Å²) in [7, 11) is 0. The van der Waals surface area contributed by atoms with Crippen LogP contribution in [0.25, 0.3) is 5.69 Å². The number of nitrogens with two attached hydrogens (primary N) is 1. The van der Waals surface area contributed by atoms with Gasteiger partial charge in [-0.05, 0) is 23.6 Å². The summed E-state index contributed by atoms with van der Waals surface area (Å²) < 4.78 is 1.59. The Morgan fingerprint density at radius 1 is 1.30 bits per heavy atom. The zero-order valence-corrected chi connectivity index (χ0v) is 17.0. The first-order valence-corrected chi connectivity index (χ1v) is 9.92. The van der Waals surface area contributed by atoms with Gasteiger partial charge < -0.3 is 26.2 Å². The molecule has 10 heteroatoms. The Kier molecular flexibility index (Phi) is 6.80. The van der Waals surface area contributed by atoms with Gasteiger partial charge in [0.25, 0.3) is 0 Å². The van der Waals surface area contributed by atoms with Crippen molar-refractivity contribution in [1.82, 2.24) is 25.0 Å². The predicted octanol–water partition coefficient (Wildman–Crippen LogP) is -0.638. The molecule has 4 atom stereocenters. The Balaban J connectivity index is 1.71. The van der Waals surface area contributed by atoms with Crippen LogP contribution < -0.4 is 11.1 Å². The first-order chi connectivity index (χ1) is 14.3. The molecular weight excluding hydrogens is 388 g/mol. The minimum atomic E-state index is -0.833. The highest BCUT2D eigenvalue weighted by molar-refractivity contribution is 5.90. The number of aliphatic hydroxyl groups is 2. The molecule has 0 unspecified atom stereocenters.